The molecule has 3 rings (SSSR count). The Balaban J connectivity index is 1.69. The van der Waals surface area contributed by atoms with Crippen molar-refractivity contribution in [2.24, 2.45) is 0 Å². The minimum atomic E-state index is -0.497. The van der Waals surface area contributed by atoms with E-state index in [-0.39, 0.29) is 11.7 Å². The zero-order chi connectivity index (χ0) is 20.1. The summed E-state index contributed by atoms with van der Waals surface area (Å²) in [6.07, 6.45) is 3.11. The van der Waals surface area contributed by atoms with Crippen LogP contribution in [0.4, 0.5) is 11.4 Å². The van der Waals surface area contributed by atoms with Crippen LogP contribution in [0, 0.1) is 6.92 Å². The first-order valence-electron chi connectivity index (χ1n) is 9.30. The van der Waals surface area contributed by atoms with E-state index >= 15 is 0 Å². The van der Waals surface area contributed by atoms with Gasteiger partial charge in [-0.05, 0) is 48.4 Å². The molecular weight excluding hydrogens is 354 g/mol. The summed E-state index contributed by atoms with van der Waals surface area (Å²) in [4.78, 5) is 28.2. The average Bonchev–Trinajstić information content (AvgIpc) is 2.73. The van der Waals surface area contributed by atoms with E-state index < -0.39 is 6.61 Å². The van der Waals surface area contributed by atoms with Crippen molar-refractivity contribution in [3.8, 4) is 0 Å². The van der Waals surface area contributed by atoms with Crippen LogP contribution in [0.15, 0.2) is 48.5 Å². The fraction of sp³-hybridized carbons (Fsp3) is 0.273. The monoisotopic (exact) mass is 379 g/mol. The van der Waals surface area contributed by atoms with Gasteiger partial charge in [0.05, 0.1) is 0 Å². The number of aliphatic hydroxyl groups is 1. The molecule has 2 aromatic rings. The highest BCUT2D eigenvalue weighted by atomic mass is 16.3. The fourth-order valence-electron chi connectivity index (χ4n) is 3.26. The summed E-state index contributed by atoms with van der Waals surface area (Å²) >= 11 is 0. The van der Waals surface area contributed by atoms with Crippen molar-refractivity contribution in [3.63, 3.8) is 0 Å². The van der Waals surface area contributed by atoms with E-state index in [1.54, 1.807) is 12.1 Å². The first kappa shape index (κ1) is 19.6. The fourth-order valence-corrected chi connectivity index (χ4v) is 3.26. The minimum absolute atomic E-state index is 0.00641. The van der Waals surface area contributed by atoms with Crippen LogP contribution >= 0.6 is 0 Å². The summed E-state index contributed by atoms with van der Waals surface area (Å²) in [5.74, 6) is -0.337. The zero-order valence-corrected chi connectivity index (χ0v) is 16.0. The summed E-state index contributed by atoms with van der Waals surface area (Å²) in [6, 6.07) is 13.2. The van der Waals surface area contributed by atoms with Crippen molar-refractivity contribution in [1.29, 1.82) is 0 Å². The number of ketones is 1. The third-order valence-electron chi connectivity index (χ3n) is 4.98. The molecule has 2 aromatic carbocycles. The van der Waals surface area contributed by atoms with Crippen LogP contribution < -0.4 is 10.6 Å². The zero-order valence-electron chi connectivity index (χ0n) is 16.0. The van der Waals surface area contributed by atoms with Gasteiger partial charge >= 0.3 is 0 Å². The molecule has 6 nitrogen and oxygen atoms in total. The number of aliphatic hydroxyl groups excluding tert-OH is 1. The molecule has 1 aliphatic heterocycles. The molecule has 0 aromatic heterocycles. The molecule has 1 saturated heterocycles. The Kier molecular flexibility index (Phi) is 6.11. The number of anilines is 2. The molecule has 6 heteroatoms. The minimum Gasteiger partial charge on any atom is -0.398 e. The Labute approximate surface area is 164 Å². The maximum atomic E-state index is 12.8. The number of benzene rings is 2. The van der Waals surface area contributed by atoms with Gasteiger partial charge in [-0.1, -0.05) is 24.3 Å². The molecule has 28 heavy (non-hydrogen) atoms. The summed E-state index contributed by atoms with van der Waals surface area (Å²) < 4.78 is 0. The van der Waals surface area contributed by atoms with Crippen molar-refractivity contribution >= 4 is 29.1 Å². The second-order valence-electron chi connectivity index (χ2n) is 6.87. The molecule has 0 saturated carbocycles. The predicted octanol–water partition coefficient (Wildman–Crippen LogP) is 2.11. The van der Waals surface area contributed by atoms with E-state index in [0.717, 1.165) is 16.8 Å². The Bertz CT molecular complexity index is 900. The van der Waals surface area contributed by atoms with E-state index in [2.05, 4.69) is 4.90 Å². The second kappa shape index (κ2) is 8.71. The quantitative estimate of drug-likeness (QED) is 0.614. The summed E-state index contributed by atoms with van der Waals surface area (Å²) in [5, 5.41) is 8.88. The lowest BCUT2D eigenvalue weighted by molar-refractivity contribution is -0.117. The van der Waals surface area contributed by atoms with Gasteiger partial charge < -0.3 is 20.6 Å². The van der Waals surface area contributed by atoms with Crippen LogP contribution in [0.5, 0.6) is 0 Å². The van der Waals surface area contributed by atoms with Crippen LogP contribution in [-0.2, 0) is 4.79 Å². The van der Waals surface area contributed by atoms with Crippen LogP contribution in [0.25, 0.3) is 6.08 Å². The highest BCUT2D eigenvalue weighted by Gasteiger charge is 2.23. The molecule has 146 valence electrons. The van der Waals surface area contributed by atoms with Crippen LogP contribution in [0.3, 0.4) is 0 Å². The maximum Gasteiger partial charge on any atom is 0.254 e. The number of amides is 1. The number of nitrogens with zero attached hydrogens (tertiary/aromatic N) is 2. The molecule has 3 N–H and O–H groups in total. The van der Waals surface area contributed by atoms with E-state index in [0.29, 0.717) is 37.4 Å². The smallest absolute Gasteiger partial charge is 0.254 e. The molecule has 0 spiro atoms. The van der Waals surface area contributed by atoms with Crippen molar-refractivity contribution < 1.29 is 14.7 Å². The van der Waals surface area contributed by atoms with E-state index in [1.165, 1.54) is 6.08 Å². The van der Waals surface area contributed by atoms with Crippen molar-refractivity contribution in [2.75, 3.05) is 43.4 Å². The number of aryl methyl sites for hydroxylation is 1. The van der Waals surface area contributed by atoms with Gasteiger partial charge in [0.2, 0.25) is 0 Å². The van der Waals surface area contributed by atoms with Gasteiger partial charge in [0.25, 0.3) is 5.91 Å². The molecule has 0 unspecified atom stereocenters. The molecule has 1 fully saturated rings. The van der Waals surface area contributed by atoms with Crippen LogP contribution in [0.2, 0.25) is 0 Å². The largest absolute Gasteiger partial charge is 0.398 e. The molecule has 0 aliphatic carbocycles. The summed E-state index contributed by atoms with van der Waals surface area (Å²) in [5.41, 5.74) is 10.1. The Morgan fingerprint density at radius 1 is 1.11 bits per heavy atom. The number of hydrogen-bond acceptors (Lipinski definition) is 5. The number of piperazine rings is 1. The standard InChI is InChI=1S/C22H25N3O3/c1-16-6-7-18(14-20(16)23)22(28)25-12-10-24(11-13-25)21-5-3-2-4-17(21)8-9-19(27)15-26/h2-9,14,26H,10-13,15,23H2,1H3/b9-8+. The van der Waals surface area contributed by atoms with Crippen molar-refractivity contribution in [3.05, 3.63) is 65.2 Å². The molecule has 1 amide bonds. The number of carbonyl (C=O) groups excluding carboxylic acids is 2. The van der Waals surface area contributed by atoms with Gasteiger partial charge in [-0.15, -0.1) is 0 Å². The van der Waals surface area contributed by atoms with E-state index in [1.807, 2.05) is 48.2 Å². The highest BCUT2D eigenvalue weighted by molar-refractivity contribution is 5.96. The first-order chi connectivity index (χ1) is 13.5. The number of carbonyl (C=O) groups is 2. The van der Waals surface area contributed by atoms with Gasteiger partial charge in [0, 0.05) is 43.1 Å². The Hall–Kier alpha value is -3.12. The maximum absolute atomic E-state index is 12.8. The number of nitrogens with two attached hydrogens (primary N) is 1. The predicted molar refractivity (Wildman–Crippen MR) is 111 cm³/mol. The highest BCUT2D eigenvalue weighted by Crippen LogP contribution is 2.24. The normalized spacial score (nSPS) is 14.5. The number of para-hydroxylation sites is 1. The van der Waals surface area contributed by atoms with Crippen molar-refractivity contribution in [2.45, 2.75) is 6.92 Å². The third-order valence-corrected chi connectivity index (χ3v) is 4.98. The SMILES string of the molecule is Cc1ccc(C(=O)N2CCN(c3ccccc3/C=C/C(=O)CO)CC2)cc1N. The second-order valence-corrected chi connectivity index (χ2v) is 6.87. The molecule has 0 bridgehead atoms. The molecule has 1 aliphatic rings. The third kappa shape index (κ3) is 4.40. The van der Waals surface area contributed by atoms with Crippen LogP contribution in [-0.4, -0.2) is 54.5 Å². The molecule has 0 atom stereocenters. The lowest BCUT2D eigenvalue weighted by atomic mass is 10.1. The van der Waals surface area contributed by atoms with Gasteiger partial charge in [-0.3, -0.25) is 9.59 Å². The van der Waals surface area contributed by atoms with Gasteiger partial charge in [-0.25, -0.2) is 0 Å². The molecular formula is C22H25N3O3. The topological polar surface area (TPSA) is 86.9 Å². The lowest BCUT2D eigenvalue weighted by Crippen LogP contribution is -2.49. The molecule has 0 radical (unpaired) electrons. The van der Waals surface area contributed by atoms with Crippen molar-refractivity contribution in [1.82, 2.24) is 4.90 Å². The number of hydrogen-bond donors (Lipinski definition) is 2. The summed E-state index contributed by atoms with van der Waals surface area (Å²) in [7, 11) is 0. The van der Waals surface area contributed by atoms with Gasteiger partial charge in [0.15, 0.2) is 5.78 Å². The lowest BCUT2D eigenvalue weighted by Gasteiger charge is -2.37. The average molecular weight is 379 g/mol. The number of nitrogen functional groups attached to an aromatic ring is 1. The van der Waals surface area contributed by atoms with Gasteiger partial charge in [-0.2, -0.15) is 0 Å². The summed E-state index contributed by atoms with van der Waals surface area (Å²) in [6.45, 7) is 4.05. The van der Waals surface area contributed by atoms with E-state index in [9.17, 15) is 9.59 Å². The van der Waals surface area contributed by atoms with Gasteiger partial charge in [0.1, 0.15) is 6.61 Å². The Morgan fingerprint density at radius 2 is 1.82 bits per heavy atom. The van der Waals surface area contributed by atoms with E-state index in [4.69, 9.17) is 10.8 Å². The Morgan fingerprint density at radius 3 is 2.50 bits per heavy atom. The molecule has 1 heterocycles. The first-order valence-corrected chi connectivity index (χ1v) is 9.30. The number of rotatable bonds is 5. The van der Waals surface area contributed by atoms with Crippen LogP contribution in [0.1, 0.15) is 21.5 Å².